The van der Waals surface area contributed by atoms with Gasteiger partial charge in [-0.15, -0.1) is 0 Å². The lowest BCUT2D eigenvalue weighted by Crippen LogP contribution is -2.42. The normalized spacial score (nSPS) is 28.4. The Bertz CT molecular complexity index is 367. The van der Waals surface area contributed by atoms with E-state index >= 15 is 0 Å². The Morgan fingerprint density at radius 2 is 1.89 bits per heavy atom. The number of hydrogen-bond donors (Lipinski definition) is 2. The van der Waals surface area contributed by atoms with E-state index in [0.717, 1.165) is 12.8 Å². The van der Waals surface area contributed by atoms with Crippen LogP contribution in [0.1, 0.15) is 38.5 Å². The first-order chi connectivity index (χ1) is 9.11. The third-order valence-corrected chi connectivity index (χ3v) is 3.56. The van der Waals surface area contributed by atoms with Gasteiger partial charge >= 0.3 is 0 Å². The highest BCUT2D eigenvalue weighted by Crippen LogP contribution is 2.22. The first kappa shape index (κ1) is 14.0. The maximum absolute atomic E-state index is 11.8. The molecule has 0 saturated carbocycles. The fourth-order valence-corrected chi connectivity index (χ4v) is 2.49. The first-order valence-corrected chi connectivity index (χ1v) is 6.61. The number of ether oxygens (including phenoxy) is 1. The predicted molar refractivity (Wildman–Crippen MR) is 65.4 cm³/mol. The molecule has 19 heavy (non-hydrogen) atoms. The average molecular weight is 269 g/mol. The summed E-state index contributed by atoms with van der Waals surface area (Å²) in [5.41, 5.74) is 2.05. The van der Waals surface area contributed by atoms with Crippen LogP contribution in [0.15, 0.2) is 0 Å². The van der Waals surface area contributed by atoms with Crippen molar-refractivity contribution in [1.29, 1.82) is 0 Å². The summed E-state index contributed by atoms with van der Waals surface area (Å²) in [4.78, 5) is 36.3. The van der Waals surface area contributed by atoms with Crippen LogP contribution in [-0.4, -0.2) is 41.4 Å². The van der Waals surface area contributed by atoms with Gasteiger partial charge in [-0.05, 0) is 25.7 Å². The Labute approximate surface area is 111 Å². The molecule has 2 heterocycles. The molecule has 0 spiro atoms. The number of carbonyl (C=O) groups is 3. The zero-order valence-electron chi connectivity index (χ0n) is 10.8. The van der Waals surface area contributed by atoms with E-state index in [2.05, 4.69) is 0 Å². The second kappa shape index (κ2) is 6.12. The summed E-state index contributed by atoms with van der Waals surface area (Å²) >= 11 is 0. The van der Waals surface area contributed by atoms with Crippen molar-refractivity contribution in [3.05, 3.63) is 0 Å². The molecule has 2 rings (SSSR count). The van der Waals surface area contributed by atoms with Crippen molar-refractivity contribution in [3.8, 4) is 0 Å². The number of likely N-dealkylation sites (tertiary alicyclic amines) is 1. The zero-order chi connectivity index (χ0) is 13.8. The summed E-state index contributed by atoms with van der Waals surface area (Å²) in [5.74, 6) is 4.40. The minimum Gasteiger partial charge on any atom is -0.363 e. The molecular formula is C12H19N3O4. The largest absolute Gasteiger partial charge is 0.363 e. The summed E-state index contributed by atoms with van der Waals surface area (Å²) < 4.78 is 5.52. The van der Waals surface area contributed by atoms with Gasteiger partial charge in [0.2, 0.25) is 11.8 Å². The van der Waals surface area contributed by atoms with Crippen LogP contribution in [0.5, 0.6) is 0 Å². The lowest BCUT2D eigenvalue weighted by atomic mass is 10.2. The topological polar surface area (TPSA) is 102 Å². The number of rotatable bonds is 3. The Morgan fingerprint density at radius 1 is 1.26 bits per heavy atom. The molecule has 2 aliphatic heterocycles. The Kier molecular flexibility index (Phi) is 4.49. The molecular weight excluding hydrogens is 250 g/mol. The first-order valence-electron chi connectivity index (χ1n) is 6.61. The van der Waals surface area contributed by atoms with Gasteiger partial charge < -0.3 is 4.74 Å². The van der Waals surface area contributed by atoms with Crippen molar-refractivity contribution >= 4 is 17.7 Å². The van der Waals surface area contributed by atoms with Gasteiger partial charge in [-0.2, -0.15) is 0 Å². The van der Waals surface area contributed by atoms with Crippen LogP contribution in [-0.2, 0) is 19.1 Å². The van der Waals surface area contributed by atoms with Gasteiger partial charge in [0, 0.05) is 12.8 Å². The van der Waals surface area contributed by atoms with Gasteiger partial charge in [-0.1, -0.05) is 0 Å². The minimum absolute atomic E-state index is 0.141. The Hall–Kier alpha value is -1.47. The van der Waals surface area contributed by atoms with Crippen molar-refractivity contribution in [3.63, 3.8) is 0 Å². The van der Waals surface area contributed by atoms with E-state index in [1.807, 2.05) is 5.43 Å². The number of imide groups is 1. The molecule has 0 aromatic rings. The second-order valence-electron chi connectivity index (χ2n) is 4.94. The molecule has 0 aromatic heterocycles. The van der Waals surface area contributed by atoms with E-state index < -0.39 is 6.10 Å². The van der Waals surface area contributed by atoms with Crippen LogP contribution in [0.4, 0.5) is 0 Å². The predicted octanol–water partition coefficient (Wildman–Crippen LogP) is -0.547. The molecule has 106 valence electrons. The molecule has 2 atom stereocenters. The number of hydrogen-bond acceptors (Lipinski definition) is 5. The quantitative estimate of drug-likeness (QED) is 0.310. The number of nitrogens with two attached hydrogens (primary N) is 1. The van der Waals surface area contributed by atoms with Gasteiger partial charge in [0.15, 0.2) is 0 Å². The molecule has 2 saturated heterocycles. The standard InChI is InChI=1S/C12H19N3O4/c13-14-12(18)9-6-5-8(19-9)7-15-10(16)3-1-2-4-11(15)17/h8-9H,1-7,13H2,(H,14,18). The van der Waals surface area contributed by atoms with E-state index in [1.165, 1.54) is 4.90 Å². The van der Waals surface area contributed by atoms with Gasteiger partial charge in [0.05, 0.1) is 12.6 Å². The van der Waals surface area contributed by atoms with E-state index in [4.69, 9.17) is 10.6 Å². The Balaban J connectivity index is 1.92. The number of nitrogens with one attached hydrogen (secondary N) is 1. The van der Waals surface area contributed by atoms with Gasteiger partial charge in [-0.25, -0.2) is 5.84 Å². The van der Waals surface area contributed by atoms with Crippen molar-refractivity contribution < 1.29 is 19.1 Å². The third-order valence-electron chi connectivity index (χ3n) is 3.56. The average Bonchev–Trinajstić information content (AvgIpc) is 2.82. The number of amides is 3. The molecule has 2 unspecified atom stereocenters. The smallest absolute Gasteiger partial charge is 0.263 e. The molecule has 7 heteroatoms. The molecule has 0 bridgehead atoms. The van der Waals surface area contributed by atoms with Crippen LogP contribution in [0.3, 0.4) is 0 Å². The van der Waals surface area contributed by atoms with Crippen molar-refractivity contribution in [2.24, 2.45) is 5.84 Å². The second-order valence-corrected chi connectivity index (χ2v) is 4.94. The van der Waals surface area contributed by atoms with Crippen LogP contribution in [0.25, 0.3) is 0 Å². The van der Waals surface area contributed by atoms with E-state index in [0.29, 0.717) is 25.7 Å². The maximum Gasteiger partial charge on any atom is 0.263 e. The number of carbonyl (C=O) groups excluding carboxylic acids is 3. The van der Waals surface area contributed by atoms with E-state index in [-0.39, 0.29) is 30.4 Å². The maximum atomic E-state index is 11.8. The van der Waals surface area contributed by atoms with Gasteiger partial charge in [0.1, 0.15) is 6.10 Å². The fraction of sp³-hybridized carbons (Fsp3) is 0.750. The third kappa shape index (κ3) is 3.30. The highest BCUT2D eigenvalue weighted by Gasteiger charge is 2.34. The summed E-state index contributed by atoms with van der Waals surface area (Å²) in [5, 5.41) is 0. The van der Waals surface area contributed by atoms with E-state index in [9.17, 15) is 14.4 Å². The zero-order valence-corrected chi connectivity index (χ0v) is 10.8. The van der Waals surface area contributed by atoms with Gasteiger partial charge in [-0.3, -0.25) is 24.7 Å². The number of hydrazine groups is 1. The Morgan fingerprint density at radius 3 is 2.47 bits per heavy atom. The molecule has 3 N–H and O–H groups in total. The molecule has 2 aliphatic rings. The molecule has 0 aromatic carbocycles. The van der Waals surface area contributed by atoms with Crippen LogP contribution in [0, 0.1) is 0 Å². The summed E-state index contributed by atoms with van der Waals surface area (Å²) in [6.07, 6.45) is 2.69. The minimum atomic E-state index is -0.577. The molecule has 3 amide bonds. The fourth-order valence-electron chi connectivity index (χ4n) is 2.49. The lowest BCUT2D eigenvalue weighted by molar-refractivity contribution is -0.146. The number of nitrogens with zero attached hydrogens (tertiary/aromatic N) is 1. The van der Waals surface area contributed by atoms with Gasteiger partial charge in [0.25, 0.3) is 5.91 Å². The van der Waals surface area contributed by atoms with Crippen LogP contribution < -0.4 is 11.3 Å². The monoisotopic (exact) mass is 269 g/mol. The van der Waals surface area contributed by atoms with Crippen molar-refractivity contribution in [2.45, 2.75) is 50.7 Å². The summed E-state index contributed by atoms with van der Waals surface area (Å²) in [6.45, 7) is 0.242. The van der Waals surface area contributed by atoms with Crippen LogP contribution >= 0.6 is 0 Å². The van der Waals surface area contributed by atoms with Crippen molar-refractivity contribution in [1.82, 2.24) is 10.3 Å². The summed E-state index contributed by atoms with van der Waals surface area (Å²) in [6, 6.07) is 0. The van der Waals surface area contributed by atoms with E-state index in [1.54, 1.807) is 0 Å². The molecule has 7 nitrogen and oxygen atoms in total. The molecule has 2 fully saturated rings. The van der Waals surface area contributed by atoms with Crippen molar-refractivity contribution in [2.75, 3.05) is 6.54 Å². The highest BCUT2D eigenvalue weighted by atomic mass is 16.5. The molecule has 0 radical (unpaired) electrons. The SMILES string of the molecule is NNC(=O)C1CCC(CN2C(=O)CCCCC2=O)O1. The van der Waals surface area contributed by atoms with Crippen LogP contribution in [0.2, 0.25) is 0 Å². The summed E-state index contributed by atoms with van der Waals surface area (Å²) in [7, 11) is 0. The lowest BCUT2D eigenvalue weighted by Gasteiger charge is -2.22. The molecule has 0 aliphatic carbocycles. The highest BCUT2D eigenvalue weighted by molar-refractivity contribution is 5.96.